The SMILES string of the molecule is CCCCC1=CC[C@@H](O[Si](C)(C)C(C)(C)C)C[C@@H](NC(=O)OC(C)(C)C)[C@H]1O. The molecular weight excluding hydrogens is 370 g/mol. The van der Waals surface area contributed by atoms with Gasteiger partial charge in [-0.2, -0.15) is 0 Å². The molecule has 1 amide bonds. The van der Waals surface area contributed by atoms with E-state index in [1.54, 1.807) is 0 Å². The maximum atomic E-state index is 12.4. The lowest BCUT2D eigenvalue weighted by atomic mass is 9.97. The van der Waals surface area contributed by atoms with Crippen molar-refractivity contribution >= 4 is 14.4 Å². The van der Waals surface area contributed by atoms with E-state index >= 15 is 0 Å². The third-order valence-corrected chi connectivity index (χ3v) is 10.2. The lowest BCUT2D eigenvalue weighted by Gasteiger charge is -2.39. The number of amides is 1. The fourth-order valence-electron chi connectivity index (χ4n) is 3.09. The second-order valence-corrected chi connectivity index (χ2v) is 15.3. The van der Waals surface area contributed by atoms with Crippen LogP contribution in [0.25, 0.3) is 0 Å². The minimum absolute atomic E-state index is 0.0189. The third-order valence-electron chi connectivity index (χ3n) is 5.71. The molecule has 0 saturated heterocycles. The van der Waals surface area contributed by atoms with Gasteiger partial charge in [0.05, 0.1) is 18.2 Å². The van der Waals surface area contributed by atoms with Gasteiger partial charge in [0, 0.05) is 0 Å². The van der Waals surface area contributed by atoms with Gasteiger partial charge < -0.3 is 19.6 Å². The van der Waals surface area contributed by atoms with Crippen molar-refractivity contribution in [1.29, 1.82) is 0 Å². The number of carbonyl (C=O) groups is 1. The Hall–Kier alpha value is -0.853. The van der Waals surface area contributed by atoms with E-state index in [1.807, 2.05) is 20.8 Å². The summed E-state index contributed by atoms with van der Waals surface area (Å²) in [4.78, 5) is 12.4. The highest BCUT2D eigenvalue weighted by Crippen LogP contribution is 2.39. The number of ether oxygens (including phenoxy) is 1. The van der Waals surface area contributed by atoms with Gasteiger partial charge in [-0.1, -0.05) is 40.2 Å². The Morgan fingerprint density at radius 2 is 1.86 bits per heavy atom. The minimum Gasteiger partial charge on any atom is -0.444 e. The molecule has 2 N–H and O–H groups in total. The summed E-state index contributed by atoms with van der Waals surface area (Å²) < 4.78 is 12.1. The first kappa shape index (κ1) is 25.2. The van der Waals surface area contributed by atoms with E-state index in [2.05, 4.69) is 52.2 Å². The highest BCUT2D eigenvalue weighted by atomic mass is 28.4. The van der Waals surface area contributed by atoms with Crippen molar-refractivity contribution in [2.24, 2.45) is 0 Å². The number of nitrogens with one attached hydrogen (secondary N) is 1. The van der Waals surface area contributed by atoms with Crippen molar-refractivity contribution < 1.29 is 19.1 Å². The predicted octanol–water partition coefficient (Wildman–Crippen LogP) is 5.54. The number of aliphatic hydroxyl groups excluding tert-OH is 1. The summed E-state index contributed by atoms with van der Waals surface area (Å²) in [7, 11) is -1.95. The standard InChI is InChI=1S/C22H43NO4Si/c1-10-11-12-16-13-14-17(27-28(8,9)22(5,6)7)15-18(19(16)24)23-20(25)26-21(2,3)4/h13,17-19,24H,10-12,14-15H2,1-9H3,(H,23,25)/t17-,18-,19+/m1/s1. The lowest BCUT2D eigenvalue weighted by molar-refractivity contribution is 0.0410. The second kappa shape index (κ2) is 9.77. The molecule has 0 spiro atoms. The largest absolute Gasteiger partial charge is 0.444 e. The number of alkyl carbamates (subject to hydrolysis) is 1. The molecule has 0 aromatic carbocycles. The summed E-state index contributed by atoms with van der Waals surface area (Å²) in [6.07, 6.45) is 5.22. The highest BCUT2D eigenvalue weighted by Gasteiger charge is 2.41. The van der Waals surface area contributed by atoms with Crippen LogP contribution in [-0.2, 0) is 9.16 Å². The van der Waals surface area contributed by atoms with Gasteiger partial charge in [0.25, 0.3) is 0 Å². The number of unbranched alkanes of at least 4 members (excludes halogenated alkanes) is 1. The van der Waals surface area contributed by atoms with Gasteiger partial charge in [0.2, 0.25) is 0 Å². The van der Waals surface area contributed by atoms with Gasteiger partial charge in [0.1, 0.15) is 5.60 Å². The Bertz CT molecular complexity index is 546. The monoisotopic (exact) mass is 413 g/mol. The van der Waals surface area contributed by atoms with Crippen molar-refractivity contribution in [3.05, 3.63) is 11.6 Å². The van der Waals surface area contributed by atoms with Crippen molar-refractivity contribution in [2.45, 2.75) is 123 Å². The van der Waals surface area contributed by atoms with Gasteiger partial charge in [-0.05, 0) is 70.2 Å². The van der Waals surface area contributed by atoms with E-state index in [0.717, 1.165) is 31.3 Å². The lowest BCUT2D eigenvalue weighted by Crippen LogP contribution is -2.49. The third kappa shape index (κ3) is 7.88. The normalized spacial score (nSPS) is 24.4. The average molecular weight is 414 g/mol. The number of hydrogen-bond acceptors (Lipinski definition) is 4. The number of hydrogen-bond donors (Lipinski definition) is 2. The molecule has 0 aliphatic heterocycles. The Balaban J connectivity index is 3.00. The van der Waals surface area contributed by atoms with Crippen LogP contribution in [-0.4, -0.2) is 43.4 Å². The molecule has 1 aliphatic rings. The van der Waals surface area contributed by atoms with Crippen LogP contribution in [0.1, 0.15) is 80.6 Å². The molecule has 0 radical (unpaired) electrons. The molecule has 3 atom stereocenters. The topological polar surface area (TPSA) is 67.8 Å². The van der Waals surface area contributed by atoms with Crippen molar-refractivity contribution in [1.82, 2.24) is 5.32 Å². The van der Waals surface area contributed by atoms with Gasteiger partial charge >= 0.3 is 6.09 Å². The Morgan fingerprint density at radius 3 is 2.36 bits per heavy atom. The van der Waals surface area contributed by atoms with Crippen LogP contribution in [0.3, 0.4) is 0 Å². The summed E-state index contributed by atoms with van der Waals surface area (Å²) in [6, 6.07) is -0.407. The molecule has 0 aromatic rings. The van der Waals surface area contributed by atoms with Gasteiger partial charge in [-0.25, -0.2) is 4.79 Å². The van der Waals surface area contributed by atoms with Gasteiger partial charge in [-0.3, -0.25) is 0 Å². The molecule has 0 saturated carbocycles. The molecule has 1 aliphatic carbocycles. The van der Waals surface area contributed by atoms with E-state index in [4.69, 9.17) is 9.16 Å². The summed E-state index contributed by atoms with van der Waals surface area (Å²) in [5.74, 6) is 0. The van der Waals surface area contributed by atoms with Crippen molar-refractivity contribution in [2.75, 3.05) is 0 Å². The molecule has 6 heteroatoms. The van der Waals surface area contributed by atoms with Gasteiger partial charge in [0.15, 0.2) is 8.32 Å². The van der Waals surface area contributed by atoms with E-state index in [-0.39, 0.29) is 11.1 Å². The van der Waals surface area contributed by atoms with Crippen LogP contribution in [0, 0.1) is 0 Å². The van der Waals surface area contributed by atoms with Crippen LogP contribution in [0.15, 0.2) is 11.6 Å². The average Bonchev–Trinajstić information content (AvgIpc) is 2.62. The quantitative estimate of drug-likeness (QED) is 0.443. The zero-order valence-corrected chi connectivity index (χ0v) is 20.5. The molecule has 0 fully saturated rings. The summed E-state index contributed by atoms with van der Waals surface area (Å²) in [5, 5.41) is 14.0. The summed E-state index contributed by atoms with van der Waals surface area (Å²) in [5.41, 5.74) is 0.432. The molecule has 28 heavy (non-hydrogen) atoms. The summed E-state index contributed by atoms with van der Waals surface area (Å²) in [6.45, 7) is 18.8. The van der Waals surface area contributed by atoms with Gasteiger partial charge in [-0.15, -0.1) is 0 Å². The highest BCUT2D eigenvalue weighted by molar-refractivity contribution is 6.74. The first-order valence-corrected chi connectivity index (χ1v) is 13.6. The smallest absolute Gasteiger partial charge is 0.407 e. The van der Waals surface area contributed by atoms with E-state index in [9.17, 15) is 9.90 Å². The molecule has 164 valence electrons. The maximum Gasteiger partial charge on any atom is 0.407 e. The zero-order chi connectivity index (χ0) is 21.8. The molecular formula is C22H43NO4Si. The van der Waals surface area contributed by atoms with Crippen LogP contribution < -0.4 is 5.32 Å². The summed E-state index contributed by atoms with van der Waals surface area (Å²) >= 11 is 0. The Morgan fingerprint density at radius 1 is 1.25 bits per heavy atom. The number of aliphatic hydroxyl groups is 1. The first-order chi connectivity index (χ1) is 12.7. The van der Waals surface area contributed by atoms with Crippen LogP contribution in [0.2, 0.25) is 18.1 Å². The molecule has 0 heterocycles. The Kier molecular flexibility index (Phi) is 8.78. The Labute approximate surface area is 173 Å². The molecule has 5 nitrogen and oxygen atoms in total. The minimum atomic E-state index is -1.95. The van der Waals surface area contributed by atoms with E-state index in [1.165, 1.54) is 0 Å². The first-order valence-electron chi connectivity index (χ1n) is 10.7. The van der Waals surface area contributed by atoms with E-state index in [0.29, 0.717) is 6.42 Å². The molecule has 0 unspecified atom stereocenters. The van der Waals surface area contributed by atoms with Crippen molar-refractivity contribution in [3.8, 4) is 0 Å². The van der Waals surface area contributed by atoms with Crippen LogP contribution in [0.5, 0.6) is 0 Å². The molecule has 0 aromatic heterocycles. The fourth-order valence-corrected chi connectivity index (χ4v) is 4.47. The second-order valence-electron chi connectivity index (χ2n) is 10.6. The maximum absolute atomic E-state index is 12.4. The number of carbonyl (C=O) groups excluding carboxylic acids is 1. The van der Waals surface area contributed by atoms with E-state index < -0.39 is 32.2 Å². The molecule has 0 bridgehead atoms. The molecule has 1 rings (SSSR count). The number of rotatable bonds is 6. The predicted molar refractivity (Wildman–Crippen MR) is 118 cm³/mol. The van der Waals surface area contributed by atoms with Crippen molar-refractivity contribution in [3.63, 3.8) is 0 Å². The zero-order valence-electron chi connectivity index (χ0n) is 19.5. The van der Waals surface area contributed by atoms with Crippen LogP contribution >= 0.6 is 0 Å². The van der Waals surface area contributed by atoms with Crippen LogP contribution in [0.4, 0.5) is 4.79 Å². The fraction of sp³-hybridized carbons (Fsp3) is 0.864.